The largest absolute Gasteiger partial charge is 0.325 e. The van der Waals surface area contributed by atoms with Crippen molar-refractivity contribution in [2.24, 2.45) is 5.41 Å². The van der Waals surface area contributed by atoms with Gasteiger partial charge >= 0.3 is 0 Å². The molecule has 0 aliphatic heterocycles. The van der Waals surface area contributed by atoms with Gasteiger partial charge in [-0.25, -0.2) is 13.2 Å². The number of nitrogens with one attached hydrogen (secondary N) is 2. The van der Waals surface area contributed by atoms with Gasteiger partial charge in [-0.3, -0.25) is 9.59 Å². The molecule has 2 N–H and O–H groups in total. The Kier molecular flexibility index (Phi) is 5.61. The maximum absolute atomic E-state index is 13.7. The number of carbonyl (C=O) groups is 2. The summed E-state index contributed by atoms with van der Waals surface area (Å²) in [4.78, 5) is 24.8. The van der Waals surface area contributed by atoms with Gasteiger partial charge in [0, 0.05) is 10.7 Å². The number of hydrogen-bond acceptors (Lipinski definition) is 2. The molecule has 2 aromatic rings. The second kappa shape index (κ2) is 7.37. The lowest BCUT2D eigenvalue weighted by atomic mass is 9.90. The van der Waals surface area contributed by atoms with Crippen LogP contribution in [-0.4, -0.2) is 11.8 Å². The van der Waals surface area contributed by atoms with E-state index in [4.69, 9.17) is 11.6 Å². The summed E-state index contributed by atoms with van der Waals surface area (Å²) in [6.45, 7) is 4.41. The highest BCUT2D eigenvalue weighted by molar-refractivity contribution is 6.31. The minimum Gasteiger partial charge on any atom is -0.325 e. The molecule has 2 aromatic carbocycles. The van der Waals surface area contributed by atoms with Crippen molar-refractivity contribution < 1.29 is 22.8 Å². The van der Waals surface area contributed by atoms with Crippen LogP contribution in [0.1, 0.15) is 19.4 Å². The third-order valence-corrected chi connectivity index (χ3v) is 4.26. The Bertz CT molecular complexity index is 885. The van der Waals surface area contributed by atoms with Crippen LogP contribution in [-0.2, 0) is 9.59 Å². The first kappa shape index (κ1) is 19.8. The molecule has 8 heteroatoms. The van der Waals surface area contributed by atoms with Crippen molar-refractivity contribution >= 4 is 34.8 Å². The number of halogens is 4. The molecule has 26 heavy (non-hydrogen) atoms. The molecule has 0 saturated carbocycles. The molecular weight excluding hydrogens is 369 g/mol. The van der Waals surface area contributed by atoms with Gasteiger partial charge in [-0.1, -0.05) is 17.7 Å². The molecule has 2 rings (SSSR count). The first-order chi connectivity index (χ1) is 12.0. The number of hydrogen-bond donors (Lipinski definition) is 2. The lowest BCUT2D eigenvalue weighted by molar-refractivity contribution is -0.135. The zero-order valence-corrected chi connectivity index (χ0v) is 15.0. The Hall–Kier alpha value is -2.54. The molecule has 0 saturated heterocycles. The monoisotopic (exact) mass is 384 g/mol. The second-order valence-electron chi connectivity index (χ2n) is 6.22. The summed E-state index contributed by atoms with van der Waals surface area (Å²) in [6.07, 6.45) is 0. The molecule has 2 amide bonds. The number of amides is 2. The molecule has 0 aliphatic carbocycles. The van der Waals surface area contributed by atoms with E-state index in [1.54, 1.807) is 19.1 Å². The molecule has 138 valence electrons. The van der Waals surface area contributed by atoms with Gasteiger partial charge in [-0.2, -0.15) is 0 Å². The lowest BCUT2D eigenvalue weighted by Gasteiger charge is -2.23. The minimum atomic E-state index is -1.71. The summed E-state index contributed by atoms with van der Waals surface area (Å²) < 4.78 is 39.9. The molecule has 0 fully saturated rings. The first-order valence-electron chi connectivity index (χ1n) is 7.56. The zero-order chi connectivity index (χ0) is 19.6. The van der Waals surface area contributed by atoms with Crippen molar-refractivity contribution in [3.8, 4) is 0 Å². The van der Waals surface area contributed by atoms with E-state index in [0.29, 0.717) is 16.8 Å². The van der Waals surface area contributed by atoms with Crippen LogP contribution in [0.3, 0.4) is 0 Å². The van der Waals surface area contributed by atoms with Crippen molar-refractivity contribution in [3.05, 3.63) is 58.4 Å². The van der Waals surface area contributed by atoms with Crippen LogP contribution in [0.4, 0.5) is 24.5 Å². The number of anilines is 2. The third-order valence-electron chi connectivity index (χ3n) is 3.85. The molecule has 0 aromatic heterocycles. The van der Waals surface area contributed by atoms with Gasteiger partial charge in [0.1, 0.15) is 5.41 Å². The van der Waals surface area contributed by atoms with E-state index in [-0.39, 0.29) is 0 Å². The van der Waals surface area contributed by atoms with E-state index in [1.165, 1.54) is 19.9 Å². The molecule has 0 atom stereocenters. The highest BCUT2D eigenvalue weighted by Crippen LogP contribution is 2.26. The first-order valence-corrected chi connectivity index (χ1v) is 7.94. The fraction of sp³-hybridized carbons (Fsp3) is 0.222. The van der Waals surface area contributed by atoms with E-state index >= 15 is 0 Å². The summed E-state index contributed by atoms with van der Waals surface area (Å²) in [6, 6.07) is 6.39. The maximum atomic E-state index is 13.7. The van der Waals surface area contributed by atoms with Gasteiger partial charge in [0.15, 0.2) is 17.5 Å². The molecular formula is C18H16ClF3N2O2. The Morgan fingerprint density at radius 1 is 0.962 bits per heavy atom. The van der Waals surface area contributed by atoms with E-state index in [9.17, 15) is 22.8 Å². The average Bonchev–Trinajstić information content (AvgIpc) is 2.58. The van der Waals surface area contributed by atoms with Gasteiger partial charge in [-0.05, 0) is 50.6 Å². The second-order valence-corrected chi connectivity index (χ2v) is 6.63. The van der Waals surface area contributed by atoms with Crippen LogP contribution in [0.2, 0.25) is 5.02 Å². The zero-order valence-electron chi connectivity index (χ0n) is 14.2. The van der Waals surface area contributed by atoms with Gasteiger partial charge in [0.25, 0.3) is 0 Å². The standard InChI is InChI=1S/C18H16ClF3N2O2/c1-9-4-5-10(8-11(9)19)23-16(25)18(2,3)17(26)24-13-7-6-12(20)14(21)15(13)22/h4-8H,1-3H3,(H,23,25)(H,24,26). The average molecular weight is 385 g/mol. The van der Waals surface area contributed by atoms with E-state index in [0.717, 1.165) is 11.6 Å². The number of rotatable bonds is 4. The van der Waals surface area contributed by atoms with E-state index in [1.807, 2.05) is 0 Å². The Balaban J connectivity index is 2.17. The quantitative estimate of drug-likeness (QED) is 0.594. The molecule has 0 bridgehead atoms. The van der Waals surface area contributed by atoms with Crippen molar-refractivity contribution in [2.75, 3.05) is 10.6 Å². The topological polar surface area (TPSA) is 58.2 Å². The molecule has 0 spiro atoms. The fourth-order valence-corrected chi connectivity index (χ4v) is 2.14. The number of benzene rings is 2. The van der Waals surface area contributed by atoms with E-state index < -0.39 is 40.4 Å². The predicted octanol–water partition coefficient (Wildman–Crippen LogP) is 4.67. The highest BCUT2D eigenvalue weighted by Gasteiger charge is 2.37. The van der Waals surface area contributed by atoms with Crippen LogP contribution in [0.15, 0.2) is 30.3 Å². The normalized spacial score (nSPS) is 11.2. The summed E-state index contributed by atoms with van der Waals surface area (Å²) >= 11 is 5.99. The maximum Gasteiger partial charge on any atom is 0.239 e. The summed E-state index contributed by atoms with van der Waals surface area (Å²) in [5.41, 5.74) is -0.997. The van der Waals surface area contributed by atoms with Crippen LogP contribution in [0, 0.1) is 29.8 Å². The molecule has 4 nitrogen and oxygen atoms in total. The third kappa shape index (κ3) is 3.99. The Morgan fingerprint density at radius 2 is 1.58 bits per heavy atom. The van der Waals surface area contributed by atoms with Crippen LogP contribution in [0.25, 0.3) is 0 Å². The Morgan fingerprint density at radius 3 is 2.19 bits per heavy atom. The SMILES string of the molecule is Cc1ccc(NC(=O)C(C)(C)C(=O)Nc2ccc(F)c(F)c2F)cc1Cl. The molecule has 0 aliphatic rings. The summed E-state index contributed by atoms with van der Waals surface area (Å²) in [5, 5.41) is 5.08. The van der Waals surface area contributed by atoms with Gasteiger partial charge in [0.05, 0.1) is 5.69 Å². The minimum absolute atomic E-state index is 0.380. The fourth-order valence-electron chi connectivity index (χ4n) is 1.96. The number of carbonyl (C=O) groups excluding carboxylic acids is 2. The molecule has 0 unspecified atom stereocenters. The smallest absolute Gasteiger partial charge is 0.239 e. The summed E-state index contributed by atoms with van der Waals surface area (Å²) in [7, 11) is 0. The van der Waals surface area contributed by atoms with Gasteiger partial charge in [0.2, 0.25) is 11.8 Å². The highest BCUT2D eigenvalue weighted by atomic mass is 35.5. The van der Waals surface area contributed by atoms with Crippen molar-refractivity contribution in [3.63, 3.8) is 0 Å². The van der Waals surface area contributed by atoms with Crippen LogP contribution < -0.4 is 10.6 Å². The van der Waals surface area contributed by atoms with Crippen LogP contribution in [0.5, 0.6) is 0 Å². The number of aryl methyl sites for hydroxylation is 1. The Labute approximate surface area is 153 Å². The van der Waals surface area contributed by atoms with Gasteiger partial charge in [-0.15, -0.1) is 0 Å². The van der Waals surface area contributed by atoms with Crippen LogP contribution >= 0.6 is 11.6 Å². The van der Waals surface area contributed by atoms with Crippen molar-refractivity contribution in [2.45, 2.75) is 20.8 Å². The predicted molar refractivity (Wildman–Crippen MR) is 93.5 cm³/mol. The molecule has 0 heterocycles. The van der Waals surface area contributed by atoms with Gasteiger partial charge < -0.3 is 10.6 Å². The van der Waals surface area contributed by atoms with E-state index in [2.05, 4.69) is 10.6 Å². The lowest BCUT2D eigenvalue weighted by Crippen LogP contribution is -2.41. The van der Waals surface area contributed by atoms with Crippen molar-refractivity contribution in [1.82, 2.24) is 0 Å². The summed E-state index contributed by atoms with van der Waals surface area (Å²) in [5.74, 6) is -6.20. The van der Waals surface area contributed by atoms with Crippen molar-refractivity contribution in [1.29, 1.82) is 0 Å². The molecule has 0 radical (unpaired) electrons.